The number of nitrogens with one attached hydrogen (secondary N) is 1. The van der Waals surface area contributed by atoms with E-state index < -0.39 is 0 Å². The van der Waals surface area contributed by atoms with E-state index in [1.54, 1.807) is 10.9 Å². The molecule has 5 rings (SSSR count). The van der Waals surface area contributed by atoms with Crippen molar-refractivity contribution in [2.24, 2.45) is 0 Å². The summed E-state index contributed by atoms with van der Waals surface area (Å²) in [5.74, 6) is 1.51. The van der Waals surface area contributed by atoms with Gasteiger partial charge in [0.05, 0.1) is 12.8 Å². The van der Waals surface area contributed by atoms with Gasteiger partial charge in [0, 0.05) is 24.2 Å². The van der Waals surface area contributed by atoms with Gasteiger partial charge in [-0.3, -0.25) is 9.69 Å². The molecule has 1 N–H and O–H groups in total. The monoisotopic (exact) mass is 468 g/mol. The number of aromatic nitrogens is 5. The fourth-order valence-electron chi connectivity index (χ4n) is 4.32. The minimum atomic E-state index is -0.0718. The van der Waals surface area contributed by atoms with Crippen LogP contribution in [0.25, 0.3) is 10.9 Å². The molecule has 0 saturated heterocycles. The molecular weight excluding hydrogens is 440 g/mol. The Kier molecular flexibility index (Phi) is 6.54. The van der Waals surface area contributed by atoms with Crippen molar-refractivity contribution in [1.82, 2.24) is 30.1 Å². The van der Waals surface area contributed by atoms with E-state index >= 15 is 0 Å². The van der Waals surface area contributed by atoms with Crippen LogP contribution in [0, 0.1) is 13.8 Å². The summed E-state index contributed by atoms with van der Waals surface area (Å²) in [5.41, 5.74) is 5.20. The van der Waals surface area contributed by atoms with Crippen LogP contribution >= 0.6 is 0 Å². The average Bonchev–Trinajstić information content (AvgIpc) is 3.52. The summed E-state index contributed by atoms with van der Waals surface area (Å²) >= 11 is 0. The minimum Gasteiger partial charge on any atom is -0.467 e. The number of aryl methyl sites for hydroxylation is 2. The molecule has 0 atom stereocenters. The Bertz CT molecular complexity index is 1490. The van der Waals surface area contributed by atoms with Crippen LogP contribution < -0.4 is 5.56 Å². The summed E-state index contributed by atoms with van der Waals surface area (Å²) in [4.78, 5) is 18.2. The standard InChI is InChI=1S/C27H28N6O2/c1-19-9-10-25-22(14-19)15-23(27(34)28-25)16-32(12-11-21-7-4-3-6-20(21)2)18-26-29-30-31-33(26)17-24-8-5-13-35-24/h3-10,13-15H,11-12,16-18H2,1-2H3,(H,28,34). The Morgan fingerprint density at radius 2 is 1.89 bits per heavy atom. The Morgan fingerprint density at radius 1 is 1.00 bits per heavy atom. The van der Waals surface area contributed by atoms with Gasteiger partial charge in [0.2, 0.25) is 0 Å². The van der Waals surface area contributed by atoms with Gasteiger partial charge in [-0.15, -0.1) is 5.10 Å². The van der Waals surface area contributed by atoms with E-state index in [4.69, 9.17) is 4.42 Å². The van der Waals surface area contributed by atoms with Crippen LogP contribution in [0.3, 0.4) is 0 Å². The Hall–Kier alpha value is -4.04. The second-order valence-electron chi connectivity index (χ2n) is 8.93. The fraction of sp³-hybridized carbons (Fsp3) is 0.259. The SMILES string of the molecule is Cc1ccc2[nH]c(=O)c(CN(CCc3ccccc3C)Cc3nnnn3Cc3ccco3)cc2c1. The zero-order valence-electron chi connectivity index (χ0n) is 19.9. The summed E-state index contributed by atoms with van der Waals surface area (Å²) < 4.78 is 7.22. The molecule has 0 fully saturated rings. The van der Waals surface area contributed by atoms with E-state index in [1.807, 2.05) is 30.3 Å². The van der Waals surface area contributed by atoms with Gasteiger partial charge < -0.3 is 9.40 Å². The summed E-state index contributed by atoms with van der Waals surface area (Å²) in [5, 5.41) is 13.3. The predicted octanol–water partition coefficient (Wildman–Crippen LogP) is 4.02. The molecular formula is C27H28N6O2. The van der Waals surface area contributed by atoms with Crippen LogP contribution in [-0.2, 0) is 26.1 Å². The van der Waals surface area contributed by atoms with Crippen molar-refractivity contribution in [3.8, 4) is 0 Å². The predicted molar refractivity (Wildman–Crippen MR) is 134 cm³/mol. The van der Waals surface area contributed by atoms with E-state index in [1.165, 1.54) is 11.1 Å². The molecule has 0 spiro atoms. The molecule has 5 aromatic rings. The van der Waals surface area contributed by atoms with E-state index in [0.29, 0.717) is 19.6 Å². The van der Waals surface area contributed by atoms with Crippen LogP contribution in [0.4, 0.5) is 0 Å². The second kappa shape index (κ2) is 10.1. The third-order valence-electron chi connectivity index (χ3n) is 6.29. The Balaban J connectivity index is 1.42. The summed E-state index contributed by atoms with van der Waals surface area (Å²) in [6.45, 7) is 6.38. The number of rotatable bonds is 9. The van der Waals surface area contributed by atoms with Gasteiger partial charge in [-0.05, 0) is 77.5 Å². The van der Waals surface area contributed by atoms with Crippen LogP contribution in [0.5, 0.6) is 0 Å². The number of furan rings is 1. The molecule has 35 heavy (non-hydrogen) atoms. The van der Waals surface area contributed by atoms with Gasteiger partial charge >= 0.3 is 0 Å². The van der Waals surface area contributed by atoms with E-state index in [2.05, 4.69) is 69.6 Å². The average molecular weight is 469 g/mol. The highest BCUT2D eigenvalue weighted by Crippen LogP contribution is 2.16. The van der Waals surface area contributed by atoms with Gasteiger partial charge in [-0.2, -0.15) is 0 Å². The van der Waals surface area contributed by atoms with Crippen LogP contribution in [0.15, 0.2) is 76.1 Å². The lowest BCUT2D eigenvalue weighted by atomic mass is 10.1. The first kappa shape index (κ1) is 22.7. The van der Waals surface area contributed by atoms with Crippen molar-refractivity contribution in [2.75, 3.05) is 6.54 Å². The molecule has 8 heteroatoms. The maximum Gasteiger partial charge on any atom is 0.252 e. The van der Waals surface area contributed by atoms with Gasteiger partial charge in [-0.25, -0.2) is 4.68 Å². The van der Waals surface area contributed by atoms with Crippen LogP contribution in [-0.4, -0.2) is 36.6 Å². The molecule has 8 nitrogen and oxygen atoms in total. The third-order valence-corrected chi connectivity index (χ3v) is 6.29. The Labute approximate surface area is 203 Å². The normalized spacial score (nSPS) is 11.5. The number of nitrogens with zero attached hydrogens (tertiary/aromatic N) is 5. The van der Waals surface area contributed by atoms with Gasteiger partial charge in [-0.1, -0.05) is 35.9 Å². The number of hydrogen-bond donors (Lipinski definition) is 1. The highest BCUT2D eigenvalue weighted by Gasteiger charge is 2.16. The van der Waals surface area contributed by atoms with E-state index in [9.17, 15) is 4.79 Å². The van der Waals surface area contributed by atoms with Crippen molar-refractivity contribution < 1.29 is 4.42 Å². The molecule has 0 aliphatic heterocycles. The molecule has 2 aromatic carbocycles. The third kappa shape index (κ3) is 5.38. The van der Waals surface area contributed by atoms with Crippen LogP contribution in [0.1, 0.15) is 33.8 Å². The summed E-state index contributed by atoms with van der Waals surface area (Å²) in [7, 11) is 0. The lowest BCUT2D eigenvalue weighted by Crippen LogP contribution is -2.30. The summed E-state index contributed by atoms with van der Waals surface area (Å²) in [6.07, 6.45) is 2.50. The molecule has 3 heterocycles. The lowest BCUT2D eigenvalue weighted by molar-refractivity contribution is 0.247. The van der Waals surface area contributed by atoms with E-state index in [0.717, 1.165) is 46.6 Å². The smallest absolute Gasteiger partial charge is 0.252 e. The molecule has 0 radical (unpaired) electrons. The topological polar surface area (TPSA) is 92.8 Å². The van der Waals surface area contributed by atoms with Crippen molar-refractivity contribution in [1.29, 1.82) is 0 Å². The van der Waals surface area contributed by atoms with Crippen molar-refractivity contribution >= 4 is 10.9 Å². The number of hydrogen-bond acceptors (Lipinski definition) is 6. The number of tetrazole rings is 1. The maximum atomic E-state index is 12.9. The number of H-pyrrole nitrogens is 1. The highest BCUT2D eigenvalue weighted by molar-refractivity contribution is 5.79. The molecule has 178 valence electrons. The van der Waals surface area contributed by atoms with Crippen molar-refractivity contribution in [3.63, 3.8) is 0 Å². The van der Waals surface area contributed by atoms with Gasteiger partial charge in [0.1, 0.15) is 12.3 Å². The van der Waals surface area contributed by atoms with Gasteiger partial charge in [0.15, 0.2) is 5.82 Å². The maximum absolute atomic E-state index is 12.9. The zero-order chi connectivity index (χ0) is 24.2. The molecule has 0 bridgehead atoms. The molecule has 3 aromatic heterocycles. The van der Waals surface area contributed by atoms with Crippen molar-refractivity contribution in [3.05, 3.63) is 111 Å². The molecule has 0 amide bonds. The van der Waals surface area contributed by atoms with Crippen LogP contribution in [0.2, 0.25) is 0 Å². The minimum absolute atomic E-state index is 0.0718. The molecule has 0 aliphatic carbocycles. The number of benzene rings is 2. The molecule has 0 unspecified atom stereocenters. The first-order valence-electron chi connectivity index (χ1n) is 11.7. The first-order valence-corrected chi connectivity index (χ1v) is 11.7. The fourth-order valence-corrected chi connectivity index (χ4v) is 4.32. The molecule has 0 aliphatic rings. The van der Waals surface area contributed by atoms with Gasteiger partial charge in [0.25, 0.3) is 5.56 Å². The largest absolute Gasteiger partial charge is 0.467 e. The quantitative estimate of drug-likeness (QED) is 0.351. The highest BCUT2D eigenvalue weighted by atomic mass is 16.3. The zero-order valence-corrected chi connectivity index (χ0v) is 19.9. The van der Waals surface area contributed by atoms with Crippen molar-refractivity contribution in [2.45, 2.75) is 39.9 Å². The lowest BCUT2D eigenvalue weighted by Gasteiger charge is -2.22. The summed E-state index contributed by atoms with van der Waals surface area (Å²) in [6, 6.07) is 20.2. The number of pyridine rings is 1. The molecule has 0 saturated carbocycles. The number of aromatic amines is 1. The second-order valence-corrected chi connectivity index (χ2v) is 8.93. The first-order chi connectivity index (χ1) is 17.0. The number of fused-ring (bicyclic) bond motifs is 1. The van der Waals surface area contributed by atoms with E-state index in [-0.39, 0.29) is 5.56 Å². The Morgan fingerprint density at radius 3 is 2.71 bits per heavy atom.